The van der Waals surface area contributed by atoms with Gasteiger partial charge in [-0.25, -0.2) is 4.79 Å². The number of nitrogens with zero attached hydrogens (tertiary/aromatic N) is 4. The number of carbonyl (C=O) groups excluding carboxylic acids is 2. The number of aromatic nitrogens is 2. The van der Waals surface area contributed by atoms with Gasteiger partial charge in [0.1, 0.15) is 21.4 Å². The Morgan fingerprint density at radius 2 is 2.12 bits per heavy atom. The Morgan fingerprint density at radius 3 is 2.60 bits per heavy atom. The van der Waals surface area contributed by atoms with E-state index in [-0.39, 0.29) is 25.2 Å². The van der Waals surface area contributed by atoms with Crippen LogP contribution in [0.1, 0.15) is 36.8 Å². The topological polar surface area (TPSA) is 140 Å². The number of carbonyl (C=O) groups is 2. The van der Waals surface area contributed by atoms with Gasteiger partial charge in [0, 0.05) is 0 Å². The van der Waals surface area contributed by atoms with Crippen LogP contribution in [0.2, 0.25) is 0 Å². The number of hydrogen-bond acceptors (Lipinski definition) is 7. The van der Waals surface area contributed by atoms with E-state index < -0.39 is 29.7 Å². The summed E-state index contributed by atoms with van der Waals surface area (Å²) in [5.74, 6) is -0.706. The van der Waals surface area contributed by atoms with Gasteiger partial charge in [-0.1, -0.05) is 5.18 Å². The van der Waals surface area contributed by atoms with Crippen molar-refractivity contribution in [3.05, 3.63) is 19.9 Å². The van der Waals surface area contributed by atoms with Gasteiger partial charge in [0.15, 0.2) is 0 Å². The van der Waals surface area contributed by atoms with Crippen LogP contribution in [0, 0.1) is 8.61 Å². The average Bonchev–Trinajstić information content (AvgIpc) is 2.82. The van der Waals surface area contributed by atoms with Crippen LogP contribution < -0.4 is 5.73 Å². The molecule has 0 bridgehead atoms. The van der Waals surface area contributed by atoms with E-state index in [2.05, 4.69) is 10.3 Å². The zero-order valence-corrected chi connectivity index (χ0v) is 16.3. The fourth-order valence-corrected chi connectivity index (χ4v) is 3.52. The van der Waals surface area contributed by atoms with E-state index in [4.69, 9.17) is 10.5 Å². The predicted molar refractivity (Wildman–Crippen MR) is 95.8 cm³/mol. The number of nitrogens with two attached hydrogens (primary N) is 1. The van der Waals surface area contributed by atoms with Gasteiger partial charge in [0.05, 0.1) is 31.0 Å². The maximum Gasteiger partial charge on any atom is 0.410 e. The van der Waals surface area contributed by atoms with Crippen LogP contribution >= 0.6 is 22.6 Å². The van der Waals surface area contributed by atoms with Crippen molar-refractivity contribution < 1.29 is 19.4 Å². The Labute approximate surface area is 157 Å². The minimum atomic E-state index is -1.28. The van der Waals surface area contributed by atoms with E-state index in [9.17, 15) is 19.6 Å². The van der Waals surface area contributed by atoms with Crippen LogP contribution in [0.25, 0.3) is 0 Å². The maximum absolute atomic E-state index is 12.5. The highest BCUT2D eigenvalue weighted by atomic mass is 127. The highest BCUT2D eigenvalue weighted by molar-refractivity contribution is 14.1. The third kappa shape index (κ3) is 3.76. The molecule has 0 saturated heterocycles. The molecule has 0 radical (unpaired) electrons. The van der Waals surface area contributed by atoms with E-state index >= 15 is 0 Å². The molecule has 25 heavy (non-hydrogen) atoms. The number of aliphatic hydroxyl groups excluding tert-OH is 1. The van der Waals surface area contributed by atoms with Crippen molar-refractivity contribution in [1.29, 1.82) is 0 Å². The van der Waals surface area contributed by atoms with Crippen LogP contribution in [0.15, 0.2) is 5.18 Å². The van der Waals surface area contributed by atoms with E-state index in [0.717, 1.165) is 0 Å². The molecule has 2 amide bonds. The molecule has 1 aliphatic rings. The second-order valence-electron chi connectivity index (χ2n) is 6.89. The van der Waals surface area contributed by atoms with Crippen LogP contribution in [0.3, 0.4) is 0 Å². The lowest BCUT2D eigenvalue weighted by molar-refractivity contribution is -0.00390. The highest BCUT2D eigenvalue weighted by Gasteiger charge is 2.45. The second-order valence-corrected chi connectivity index (χ2v) is 7.92. The Morgan fingerprint density at radius 1 is 1.48 bits per heavy atom. The van der Waals surface area contributed by atoms with Crippen molar-refractivity contribution in [2.45, 2.75) is 38.5 Å². The summed E-state index contributed by atoms with van der Waals surface area (Å²) >= 11 is 1.85. The van der Waals surface area contributed by atoms with Gasteiger partial charge >= 0.3 is 6.09 Å². The summed E-state index contributed by atoms with van der Waals surface area (Å²) in [5, 5.41) is 17.1. The molecule has 1 aromatic heterocycles. The summed E-state index contributed by atoms with van der Waals surface area (Å²) in [6.45, 7) is 4.33. The molecule has 0 fully saturated rings. The van der Waals surface area contributed by atoms with Gasteiger partial charge in [0.25, 0.3) is 5.91 Å². The monoisotopic (exact) mass is 465 g/mol. The molecule has 138 valence electrons. The second kappa shape index (κ2) is 6.86. The summed E-state index contributed by atoms with van der Waals surface area (Å²) in [4.78, 5) is 36.5. The fraction of sp³-hybridized carbons (Fsp3) is 0.643. The summed E-state index contributed by atoms with van der Waals surface area (Å²) in [6.07, 6.45) is -0.630. The van der Waals surface area contributed by atoms with Gasteiger partial charge < -0.3 is 15.6 Å². The summed E-state index contributed by atoms with van der Waals surface area (Å²) in [5.41, 5.74) is 3.92. The van der Waals surface area contributed by atoms with Crippen molar-refractivity contribution in [1.82, 2.24) is 14.7 Å². The molecule has 0 aliphatic carbocycles. The lowest BCUT2D eigenvalue weighted by atomic mass is 9.96. The normalized spacial score (nSPS) is 20.1. The first-order valence-corrected chi connectivity index (χ1v) is 8.58. The Kier molecular flexibility index (Phi) is 5.37. The predicted octanol–water partition coefficient (Wildman–Crippen LogP) is 0.791. The number of hydrogen-bond donors (Lipinski definition) is 2. The molecule has 11 heteroatoms. The zero-order chi connectivity index (χ0) is 19.0. The Balaban J connectivity index is 2.54. The molecule has 1 aliphatic heterocycles. The number of amides is 2. The van der Waals surface area contributed by atoms with Crippen molar-refractivity contribution in [2.75, 3.05) is 19.7 Å². The molecule has 0 aromatic carbocycles. The van der Waals surface area contributed by atoms with Crippen molar-refractivity contribution in [3.8, 4) is 0 Å². The van der Waals surface area contributed by atoms with E-state index in [1.807, 2.05) is 22.6 Å². The smallest absolute Gasteiger partial charge is 0.410 e. The molecule has 1 aromatic rings. The van der Waals surface area contributed by atoms with E-state index in [0.29, 0.717) is 9.39 Å². The van der Waals surface area contributed by atoms with Crippen molar-refractivity contribution >= 4 is 34.6 Å². The van der Waals surface area contributed by atoms with Gasteiger partial charge in [-0.3, -0.25) is 14.4 Å². The number of rotatable bonds is 4. The quantitative estimate of drug-likeness (QED) is 0.498. The first-order chi connectivity index (χ1) is 11.5. The summed E-state index contributed by atoms with van der Waals surface area (Å²) in [6, 6.07) is 0. The Bertz CT molecular complexity index is 713. The lowest BCUT2D eigenvalue weighted by Gasteiger charge is -2.41. The van der Waals surface area contributed by atoms with Crippen LogP contribution in [-0.2, 0) is 16.8 Å². The molecule has 1 unspecified atom stereocenters. The third-order valence-electron chi connectivity index (χ3n) is 3.76. The number of aliphatic hydroxyl groups is 1. The molecule has 0 saturated carbocycles. The SMILES string of the molecule is CC(C)(C)OC(=O)N1Cc2c(C(N)=O)c(I)nn2C(CO)(CN=O)C1. The molecular formula is C14H20IN5O5. The minimum Gasteiger partial charge on any atom is -0.444 e. The molecular weight excluding hydrogens is 445 g/mol. The molecule has 10 nitrogen and oxygen atoms in total. The van der Waals surface area contributed by atoms with Crippen LogP contribution in [0.5, 0.6) is 0 Å². The average molecular weight is 465 g/mol. The Hall–Kier alpha value is -1.76. The first-order valence-electron chi connectivity index (χ1n) is 7.50. The van der Waals surface area contributed by atoms with Crippen molar-refractivity contribution in [3.63, 3.8) is 0 Å². The summed E-state index contributed by atoms with van der Waals surface area (Å²) in [7, 11) is 0. The van der Waals surface area contributed by atoms with Gasteiger partial charge in [-0.2, -0.15) is 10.0 Å². The number of primary amides is 1. The lowest BCUT2D eigenvalue weighted by Crippen LogP contribution is -2.57. The van der Waals surface area contributed by atoms with Gasteiger partial charge in [-0.05, 0) is 43.4 Å². The fourth-order valence-electron chi connectivity index (χ4n) is 2.72. The molecule has 1 atom stereocenters. The number of halogens is 1. The number of nitroso groups, excluding NO2 is 1. The number of ether oxygens (including phenoxy) is 1. The number of fused-ring (bicyclic) bond motifs is 1. The van der Waals surface area contributed by atoms with Gasteiger partial charge in [0.2, 0.25) is 0 Å². The standard InChI is InChI=1S/C14H20IN5O5/c1-13(2,3)25-12(23)19-4-8-9(11(16)22)10(15)18-20(8)14(6-19,7-21)5-17-24/h21H,4-7H2,1-3H3,(H2,16,22). The third-order valence-corrected chi connectivity index (χ3v) is 4.52. The largest absolute Gasteiger partial charge is 0.444 e. The summed E-state index contributed by atoms with van der Waals surface area (Å²) < 4.78 is 7.08. The minimum absolute atomic E-state index is 0.0177. The molecule has 3 N–H and O–H groups in total. The molecule has 2 rings (SSSR count). The van der Waals surface area contributed by atoms with Gasteiger partial charge in [-0.15, -0.1) is 0 Å². The molecule has 2 heterocycles. The van der Waals surface area contributed by atoms with Crippen LogP contribution in [-0.4, -0.2) is 57.1 Å². The van der Waals surface area contributed by atoms with Crippen molar-refractivity contribution in [2.24, 2.45) is 10.9 Å². The maximum atomic E-state index is 12.5. The van der Waals surface area contributed by atoms with E-state index in [1.54, 1.807) is 20.8 Å². The zero-order valence-electron chi connectivity index (χ0n) is 14.2. The first kappa shape index (κ1) is 19.6. The highest BCUT2D eigenvalue weighted by Crippen LogP contribution is 2.32. The van der Waals surface area contributed by atoms with E-state index in [1.165, 1.54) is 9.58 Å². The van der Waals surface area contributed by atoms with Crippen LogP contribution in [0.4, 0.5) is 4.79 Å². The molecule has 0 spiro atoms.